The van der Waals surface area contributed by atoms with E-state index in [9.17, 15) is 0 Å². The van der Waals surface area contributed by atoms with E-state index in [2.05, 4.69) is 22.3 Å². The predicted octanol–water partition coefficient (Wildman–Crippen LogP) is 2.31. The highest BCUT2D eigenvalue weighted by molar-refractivity contribution is 5.76. The summed E-state index contributed by atoms with van der Waals surface area (Å²) in [5.74, 6) is 0.858. The van der Waals surface area contributed by atoms with E-state index in [-0.39, 0.29) is 0 Å². The van der Waals surface area contributed by atoms with Gasteiger partial charge in [-0.1, -0.05) is 35.5 Å². The van der Waals surface area contributed by atoms with Crippen LogP contribution in [0.25, 0.3) is 0 Å². The third-order valence-corrected chi connectivity index (χ3v) is 2.06. The van der Waals surface area contributed by atoms with Crippen LogP contribution in [0.15, 0.2) is 45.9 Å². The molecular formula is C12H12N2O. The van der Waals surface area contributed by atoms with E-state index in [0.717, 1.165) is 17.9 Å². The summed E-state index contributed by atoms with van der Waals surface area (Å²) in [6.45, 7) is 0. The van der Waals surface area contributed by atoms with Gasteiger partial charge in [-0.05, 0) is 5.56 Å². The molecule has 0 N–H and O–H groups in total. The molecule has 1 aromatic carbocycles. The van der Waals surface area contributed by atoms with E-state index in [1.165, 1.54) is 5.56 Å². The van der Waals surface area contributed by atoms with Gasteiger partial charge in [0.15, 0.2) is 0 Å². The normalized spacial score (nSPS) is 11.0. The molecule has 0 fully saturated rings. The van der Waals surface area contributed by atoms with Crippen LogP contribution in [0.4, 0.5) is 0 Å². The molecule has 0 saturated heterocycles. The molecule has 2 aromatic rings. The minimum absolute atomic E-state index is 0.767. The quantitative estimate of drug-likeness (QED) is 0.713. The predicted molar refractivity (Wildman–Crippen MR) is 59.3 cm³/mol. The van der Waals surface area contributed by atoms with Crippen molar-refractivity contribution in [3.8, 4) is 0 Å². The van der Waals surface area contributed by atoms with Gasteiger partial charge in [0.05, 0.1) is 6.21 Å². The maximum atomic E-state index is 5.18. The van der Waals surface area contributed by atoms with Crippen LogP contribution in [0.3, 0.4) is 0 Å². The average molecular weight is 200 g/mol. The Morgan fingerprint density at radius 3 is 2.87 bits per heavy atom. The van der Waals surface area contributed by atoms with E-state index in [1.54, 1.807) is 13.3 Å². The molecule has 0 aliphatic carbocycles. The molecule has 0 amide bonds. The fourth-order valence-electron chi connectivity index (χ4n) is 1.40. The van der Waals surface area contributed by atoms with Crippen LogP contribution in [0, 0.1) is 0 Å². The molecule has 0 bridgehead atoms. The van der Waals surface area contributed by atoms with Gasteiger partial charge in [0.1, 0.15) is 11.5 Å². The lowest BCUT2D eigenvalue weighted by molar-refractivity contribution is 0.389. The van der Waals surface area contributed by atoms with Crippen molar-refractivity contribution in [3.05, 3.63) is 53.4 Å². The zero-order valence-corrected chi connectivity index (χ0v) is 8.55. The number of aliphatic imine (C=N–C) groups is 1. The van der Waals surface area contributed by atoms with Gasteiger partial charge in [-0.3, -0.25) is 4.99 Å². The fourth-order valence-corrected chi connectivity index (χ4v) is 1.40. The Balaban J connectivity index is 2.11. The van der Waals surface area contributed by atoms with Crippen molar-refractivity contribution in [2.45, 2.75) is 6.42 Å². The van der Waals surface area contributed by atoms with E-state index < -0.39 is 0 Å². The topological polar surface area (TPSA) is 38.4 Å². The lowest BCUT2D eigenvalue weighted by Crippen LogP contribution is -1.84. The van der Waals surface area contributed by atoms with Gasteiger partial charge in [-0.25, -0.2) is 0 Å². The molecule has 0 saturated carbocycles. The second kappa shape index (κ2) is 4.55. The van der Waals surface area contributed by atoms with Crippen LogP contribution in [-0.4, -0.2) is 18.4 Å². The Bertz CT molecular complexity index is 446. The number of benzene rings is 1. The molecular weight excluding hydrogens is 188 g/mol. The number of hydrogen-bond acceptors (Lipinski definition) is 3. The first-order valence-electron chi connectivity index (χ1n) is 4.80. The first kappa shape index (κ1) is 9.65. The second-order valence-corrected chi connectivity index (χ2v) is 3.27. The van der Waals surface area contributed by atoms with Gasteiger partial charge in [0, 0.05) is 19.5 Å². The van der Waals surface area contributed by atoms with Crippen molar-refractivity contribution in [3.63, 3.8) is 0 Å². The van der Waals surface area contributed by atoms with Crippen LogP contribution >= 0.6 is 0 Å². The first-order valence-corrected chi connectivity index (χ1v) is 4.80. The van der Waals surface area contributed by atoms with Crippen molar-refractivity contribution in [2.24, 2.45) is 4.99 Å². The van der Waals surface area contributed by atoms with E-state index in [1.807, 2.05) is 24.3 Å². The van der Waals surface area contributed by atoms with Gasteiger partial charge in [-0.15, -0.1) is 0 Å². The summed E-state index contributed by atoms with van der Waals surface area (Å²) >= 11 is 0. The minimum Gasteiger partial charge on any atom is -0.360 e. The van der Waals surface area contributed by atoms with Crippen LogP contribution in [0.2, 0.25) is 0 Å². The SMILES string of the molecule is C/N=C/c1cc(Cc2ccccc2)on1. The number of aromatic nitrogens is 1. The van der Waals surface area contributed by atoms with Crippen molar-refractivity contribution in [1.82, 2.24) is 5.16 Å². The van der Waals surface area contributed by atoms with Crippen LogP contribution in [0.1, 0.15) is 17.0 Å². The van der Waals surface area contributed by atoms with Crippen molar-refractivity contribution < 1.29 is 4.52 Å². The van der Waals surface area contributed by atoms with Gasteiger partial charge >= 0.3 is 0 Å². The maximum absolute atomic E-state index is 5.18. The average Bonchev–Trinajstić information content (AvgIpc) is 2.68. The van der Waals surface area contributed by atoms with E-state index in [0.29, 0.717) is 0 Å². The monoisotopic (exact) mass is 200 g/mol. The Labute approximate surface area is 88.4 Å². The highest BCUT2D eigenvalue weighted by Crippen LogP contribution is 2.09. The third kappa shape index (κ3) is 2.53. The fraction of sp³-hybridized carbons (Fsp3) is 0.167. The van der Waals surface area contributed by atoms with Crippen LogP contribution < -0.4 is 0 Å². The van der Waals surface area contributed by atoms with Gasteiger partial charge < -0.3 is 4.52 Å². The summed E-state index contributed by atoms with van der Waals surface area (Å²) < 4.78 is 5.18. The van der Waals surface area contributed by atoms with Gasteiger partial charge in [0.2, 0.25) is 0 Å². The highest BCUT2D eigenvalue weighted by Gasteiger charge is 2.02. The molecule has 1 aromatic heterocycles. The van der Waals surface area contributed by atoms with Crippen molar-refractivity contribution in [1.29, 1.82) is 0 Å². The molecule has 2 rings (SSSR count). The lowest BCUT2D eigenvalue weighted by Gasteiger charge is -1.94. The van der Waals surface area contributed by atoms with Gasteiger partial charge in [-0.2, -0.15) is 0 Å². The molecule has 0 radical (unpaired) electrons. The Hall–Kier alpha value is -1.90. The molecule has 0 aliphatic heterocycles. The molecule has 15 heavy (non-hydrogen) atoms. The standard InChI is InChI=1S/C12H12N2O/c1-13-9-11-8-12(15-14-11)7-10-5-3-2-4-6-10/h2-6,8-9H,7H2,1H3/b13-9+. The zero-order valence-electron chi connectivity index (χ0n) is 8.55. The smallest absolute Gasteiger partial charge is 0.141 e. The highest BCUT2D eigenvalue weighted by atomic mass is 16.5. The summed E-state index contributed by atoms with van der Waals surface area (Å²) in [7, 11) is 1.71. The molecule has 3 heteroatoms. The number of rotatable bonds is 3. The van der Waals surface area contributed by atoms with Crippen molar-refractivity contribution in [2.75, 3.05) is 7.05 Å². The lowest BCUT2D eigenvalue weighted by atomic mass is 10.1. The molecule has 3 nitrogen and oxygen atoms in total. The minimum atomic E-state index is 0.767. The van der Waals surface area contributed by atoms with E-state index >= 15 is 0 Å². The van der Waals surface area contributed by atoms with E-state index in [4.69, 9.17) is 4.52 Å². The number of nitrogens with zero attached hydrogens (tertiary/aromatic N) is 2. The Morgan fingerprint density at radius 2 is 2.13 bits per heavy atom. The van der Waals surface area contributed by atoms with Gasteiger partial charge in [0.25, 0.3) is 0 Å². The summed E-state index contributed by atoms with van der Waals surface area (Å²) in [6.07, 6.45) is 2.45. The van der Waals surface area contributed by atoms with Crippen LogP contribution in [0.5, 0.6) is 0 Å². The zero-order chi connectivity index (χ0) is 10.5. The molecule has 0 aliphatic rings. The first-order chi connectivity index (χ1) is 7.38. The maximum Gasteiger partial charge on any atom is 0.141 e. The second-order valence-electron chi connectivity index (χ2n) is 3.27. The summed E-state index contributed by atoms with van der Waals surface area (Å²) in [5, 5.41) is 3.88. The molecule has 76 valence electrons. The summed E-state index contributed by atoms with van der Waals surface area (Å²) in [5.41, 5.74) is 1.98. The molecule has 0 spiro atoms. The molecule has 0 unspecified atom stereocenters. The van der Waals surface area contributed by atoms with Crippen molar-refractivity contribution >= 4 is 6.21 Å². The third-order valence-electron chi connectivity index (χ3n) is 2.06. The largest absolute Gasteiger partial charge is 0.360 e. The number of hydrogen-bond donors (Lipinski definition) is 0. The Kier molecular flexibility index (Phi) is 2.93. The Morgan fingerprint density at radius 1 is 1.33 bits per heavy atom. The van der Waals surface area contributed by atoms with Crippen LogP contribution in [-0.2, 0) is 6.42 Å². The molecule has 0 atom stereocenters. The summed E-state index contributed by atoms with van der Waals surface area (Å²) in [4.78, 5) is 3.88. The summed E-state index contributed by atoms with van der Waals surface area (Å²) in [6, 6.07) is 12.1. The molecule has 1 heterocycles.